The summed E-state index contributed by atoms with van der Waals surface area (Å²) in [6.07, 6.45) is 2.41. The number of aryl methyl sites for hydroxylation is 2. The van der Waals surface area contributed by atoms with Crippen LogP contribution in [0.25, 0.3) is 10.9 Å². The molecule has 6 nitrogen and oxygen atoms in total. The Labute approximate surface area is 166 Å². The molecule has 0 spiro atoms. The van der Waals surface area contributed by atoms with Crippen molar-refractivity contribution in [2.45, 2.75) is 20.3 Å². The highest BCUT2D eigenvalue weighted by Crippen LogP contribution is 2.36. The SMILES string of the molecule is CCCSNc1ccc(F)c(Oc2ccc3ncn(C)c(=O)c3c2C)c1C#N. The van der Waals surface area contributed by atoms with Crippen LogP contribution in [0.4, 0.5) is 10.1 Å². The number of nitriles is 1. The van der Waals surface area contributed by atoms with E-state index in [9.17, 15) is 14.4 Å². The summed E-state index contributed by atoms with van der Waals surface area (Å²) >= 11 is 1.43. The molecule has 0 unspecified atom stereocenters. The van der Waals surface area contributed by atoms with Gasteiger partial charge < -0.3 is 14.0 Å². The Bertz CT molecular complexity index is 1140. The average molecular weight is 398 g/mol. The molecule has 8 heteroatoms. The van der Waals surface area contributed by atoms with E-state index in [0.717, 1.165) is 12.2 Å². The molecule has 3 rings (SSSR count). The van der Waals surface area contributed by atoms with E-state index < -0.39 is 5.82 Å². The lowest BCUT2D eigenvalue weighted by atomic mass is 10.1. The number of benzene rings is 2. The van der Waals surface area contributed by atoms with E-state index in [1.807, 2.05) is 13.0 Å². The van der Waals surface area contributed by atoms with Gasteiger partial charge in [-0.3, -0.25) is 4.79 Å². The molecule has 2 aromatic carbocycles. The van der Waals surface area contributed by atoms with Crippen molar-refractivity contribution >= 4 is 28.5 Å². The minimum absolute atomic E-state index is 0.0715. The van der Waals surface area contributed by atoms with E-state index in [1.54, 1.807) is 26.1 Å². The summed E-state index contributed by atoms with van der Waals surface area (Å²) in [6, 6.07) is 8.04. The zero-order valence-corrected chi connectivity index (χ0v) is 16.6. The number of nitrogens with zero attached hydrogens (tertiary/aromatic N) is 3. The highest BCUT2D eigenvalue weighted by molar-refractivity contribution is 8.00. The van der Waals surface area contributed by atoms with E-state index >= 15 is 0 Å². The predicted octanol–water partition coefficient (Wildman–Crippen LogP) is 4.52. The fourth-order valence-electron chi connectivity index (χ4n) is 2.74. The van der Waals surface area contributed by atoms with Crippen LogP contribution in [-0.4, -0.2) is 15.3 Å². The van der Waals surface area contributed by atoms with Gasteiger partial charge in [0.25, 0.3) is 5.56 Å². The van der Waals surface area contributed by atoms with Crippen LogP contribution in [0.15, 0.2) is 35.4 Å². The Morgan fingerprint density at radius 3 is 2.86 bits per heavy atom. The molecule has 0 aliphatic rings. The summed E-state index contributed by atoms with van der Waals surface area (Å²) in [5.74, 6) is 0.318. The van der Waals surface area contributed by atoms with E-state index in [2.05, 4.69) is 9.71 Å². The number of hydrogen-bond acceptors (Lipinski definition) is 6. The van der Waals surface area contributed by atoms with Gasteiger partial charge in [-0.1, -0.05) is 18.9 Å². The second-order valence-electron chi connectivity index (χ2n) is 6.21. The first-order chi connectivity index (χ1) is 13.5. The first-order valence-corrected chi connectivity index (χ1v) is 9.69. The van der Waals surface area contributed by atoms with Gasteiger partial charge in [-0.05, 0) is 37.6 Å². The minimum Gasteiger partial charge on any atom is -0.452 e. The molecule has 3 aromatic rings. The van der Waals surface area contributed by atoms with Gasteiger partial charge in [-0.2, -0.15) is 5.26 Å². The van der Waals surface area contributed by atoms with Gasteiger partial charge in [0.05, 0.1) is 22.9 Å². The molecule has 0 radical (unpaired) electrons. The van der Waals surface area contributed by atoms with Crippen LogP contribution in [-0.2, 0) is 7.05 Å². The van der Waals surface area contributed by atoms with Crippen LogP contribution in [0.5, 0.6) is 11.5 Å². The summed E-state index contributed by atoms with van der Waals surface area (Å²) in [5, 5.41) is 9.97. The topological polar surface area (TPSA) is 79.9 Å². The average Bonchev–Trinajstić information content (AvgIpc) is 2.69. The molecular weight excluding hydrogens is 379 g/mol. The molecular formula is C20H19FN4O2S. The summed E-state index contributed by atoms with van der Waals surface area (Å²) in [6.45, 7) is 3.75. The normalized spacial score (nSPS) is 10.7. The number of anilines is 1. The van der Waals surface area contributed by atoms with E-state index in [4.69, 9.17) is 4.74 Å². The lowest BCUT2D eigenvalue weighted by molar-refractivity contribution is 0.439. The van der Waals surface area contributed by atoms with Crippen LogP contribution in [0.1, 0.15) is 24.5 Å². The maximum atomic E-state index is 14.5. The molecule has 0 aliphatic carbocycles. The molecule has 0 bridgehead atoms. The zero-order chi connectivity index (χ0) is 20.3. The third kappa shape index (κ3) is 3.66. The van der Waals surface area contributed by atoms with Crippen molar-refractivity contribution in [1.82, 2.24) is 9.55 Å². The first kappa shape index (κ1) is 19.7. The predicted molar refractivity (Wildman–Crippen MR) is 109 cm³/mol. The zero-order valence-electron chi connectivity index (χ0n) is 15.7. The van der Waals surface area contributed by atoms with E-state index in [-0.39, 0.29) is 16.9 Å². The Kier molecular flexibility index (Phi) is 5.85. The van der Waals surface area contributed by atoms with Crippen LogP contribution in [0.3, 0.4) is 0 Å². The Balaban J connectivity index is 2.08. The first-order valence-electron chi connectivity index (χ1n) is 8.71. The lowest BCUT2D eigenvalue weighted by Crippen LogP contribution is -2.18. The van der Waals surface area contributed by atoms with Crippen molar-refractivity contribution in [3.05, 3.63) is 57.9 Å². The van der Waals surface area contributed by atoms with Gasteiger partial charge in [0.1, 0.15) is 17.4 Å². The fourth-order valence-corrected chi connectivity index (χ4v) is 3.37. The molecule has 0 aliphatic heterocycles. The molecule has 0 amide bonds. The molecule has 1 heterocycles. The molecule has 0 fully saturated rings. The van der Waals surface area contributed by atoms with Gasteiger partial charge in [0.2, 0.25) is 0 Å². The summed E-state index contributed by atoms with van der Waals surface area (Å²) in [4.78, 5) is 16.7. The molecule has 0 atom stereocenters. The highest BCUT2D eigenvalue weighted by atomic mass is 32.2. The second-order valence-corrected chi connectivity index (χ2v) is 7.11. The van der Waals surface area contributed by atoms with Gasteiger partial charge in [0, 0.05) is 18.4 Å². The van der Waals surface area contributed by atoms with Crippen LogP contribution < -0.4 is 15.0 Å². The number of hydrogen-bond donors (Lipinski definition) is 1. The summed E-state index contributed by atoms with van der Waals surface area (Å²) in [5.41, 5.74) is 1.39. The maximum Gasteiger partial charge on any atom is 0.261 e. The monoisotopic (exact) mass is 398 g/mol. The fraction of sp³-hybridized carbons (Fsp3) is 0.250. The number of ether oxygens (including phenoxy) is 1. The standard InChI is InChI=1S/C20H19FN4O2S/c1-4-9-28-24-15-6-5-14(21)19(13(15)10-22)27-17-8-7-16-18(12(17)2)20(26)25(3)11-23-16/h5-8,11,24H,4,9H2,1-3H3. The second kappa shape index (κ2) is 8.31. The molecule has 28 heavy (non-hydrogen) atoms. The van der Waals surface area contributed by atoms with Gasteiger partial charge in [-0.25, -0.2) is 9.37 Å². The van der Waals surface area contributed by atoms with Crippen LogP contribution in [0, 0.1) is 24.1 Å². The van der Waals surface area contributed by atoms with Crippen LogP contribution in [0.2, 0.25) is 0 Å². The van der Waals surface area contributed by atoms with Gasteiger partial charge in [-0.15, -0.1) is 0 Å². The Morgan fingerprint density at radius 2 is 2.14 bits per heavy atom. The third-order valence-corrected chi connectivity index (χ3v) is 5.20. The van der Waals surface area contributed by atoms with Crippen molar-refractivity contribution < 1.29 is 9.13 Å². The molecule has 0 saturated heterocycles. The van der Waals surface area contributed by atoms with Crippen molar-refractivity contribution in [2.75, 3.05) is 10.5 Å². The number of halogens is 1. The lowest BCUT2D eigenvalue weighted by Gasteiger charge is -2.15. The quantitative estimate of drug-likeness (QED) is 0.486. The minimum atomic E-state index is -0.652. The molecule has 0 saturated carbocycles. The molecule has 144 valence electrons. The van der Waals surface area contributed by atoms with Crippen molar-refractivity contribution in [3.8, 4) is 17.6 Å². The van der Waals surface area contributed by atoms with Gasteiger partial charge >= 0.3 is 0 Å². The number of nitrogens with one attached hydrogen (secondary N) is 1. The van der Waals surface area contributed by atoms with E-state index in [1.165, 1.54) is 35.0 Å². The molecule has 1 aromatic heterocycles. The third-order valence-electron chi connectivity index (χ3n) is 4.22. The molecule has 1 N–H and O–H groups in total. The highest BCUT2D eigenvalue weighted by Gasteiger charge is 2.18. The smallest absolute Gasteiger partial charge is 0.261 e. The summed E-state index contributed by atoms with van der Waals surface area (Å²) in [7, 11) is 1.61. The van der Waals surface area contributed by atoms with E-state index in [0.29, 0.717) is 27.9 Å². The summed E-state index contributed by atoms with van der Waals surface area (Å²) < 4.78 is 24.7. The van der Waals surface area contributed by atoms with Crippen molar-refractivity contribution in [1.29, 1.82) is 5.26 Å². The largest absolute Gasteiger partial charge is 0.452 e. The Hall–Kier alpha value is -3.05. The van der Waals surface area contributed by atoms with Crippen molar-refractivity contribution in [2.24, 2.45) is 7.05 Å². The van der Waals surface area contributed by atoms with Gasteiger partial charge in [0.15, 0.2) is 11.6 Å². The maximum absolute atomic E-state index is 14.5. The number of rotatable bonds is 6. The Morgan fingerprint density at radius 1 is 1.36 bits per heavy atom. The van der Waals surface area contributed by atoms with Crippen molar-refractivity contribution in [3.63, 3.8) is 0 Å². The number of aromatic nitrogens is 2. The van der Waals surface area contributed by atoms with Crippen LogP contribution >= 0.6 is 11.9 Å². The number of fused-ring (bicyclic) bond motifs is 1.